The molecule has 3 heteroatoms. The Bertz CT molecular complexity index is 709. The van der Waals surface area contributed by atoms with Crippen molar-refractivity contribution in [3.8, 4) is 0 Å². The highest BCUT2D eigenvalue weighted by Crippen LogP contribution is 2.49. The van der Waals surface area contributed by atoms with Crippen LogP contribution in [0.1, 0.15) is 108 Å². The van der Waals surface area contributed by atoms with Crippen LogP contribution < -0.4 is 0 Å². The van der Waals surface area contributed by atoms with Gasteiger partial charge in [0, 0.05) is 17.8 Å². The Balaban J connectivity index is 1.58. The second-order valence-corrected chi connectivity index (χ2v) is 10.5. The van der Waals surface area contributed by atoms with Gasteiger partial charge in [-0.1, -0.05) is 119 Å². The molecule has 0 radical (unpaired) electrons. The van der Waals surface area contributed by atoms with Gasteiger partial charge in [0.25, 0.3) is 0 Å². The van der Waals surface area contributed by atoms with Crippen molar-refractivity contribution in [3.63, 3.8) is 0 Å². The zero-order valence-electron chi connectivity index (χ0n) is 20.5. The van der Waals surface area contributed by atoms with Gasteiger partial charge in [0.1, 0.15) is 0 Å². The van der Waals surface area contributed by atoms with Crippen molar-refractivity contribution in [2.75, 3.05) is 0 Å². The largest absolute Gasteiger partial charge is 0.389 e. The van der Waals surface area contributed by atoms with Crippen LogP contribution in [0.3, 0.4) is 0 Å². The number of alkyl halides is 3. The van der Waals surface area contributed by atoms with E-state index in [1.807, 2.05) is 6.07 Å². The van der Waals surface area contributed by atoms with Gasteiger partial charge in [0.2, 0.25) is 0 Å². The third-order valence-electron chi connectivity index (χ3n) is 8.05. The Labute approximate surface area is 199 Å². The molecule has 0 unspecified atom stereocenters. The van der Waals surface area contributed by atoms with Gasteiger partial charge in [0.15, 0.2) is 0 Å². The molecule has 0 aromatic heterocycles. The molecular weight excluding hydrogens is 417 g/mol. The van der Waals surface area contributed by atoms with E-state index in [1.165, 1.54) is 69.8 Å². The van der Waals surface area contributed by atoms with E-state index < -0.39 is 12.6 Å². The molecule has 0 heterocycles. The van der Waals surface area contributed by atoms with Crippen molar-refractivity contribution < 1.29 is 13.2 Å². The number of allylic oxidation sites excluding steroid dienone is 4. The number of rotatable bonds is 12. The van der Waals surface area contributed by atoms with E-state index in [2.05, 4.69) is 55.5 Å². The van der Waals surface area contributed by atoms with Crippen LogP contribution in [0.4, 0.5) is 13.2 Å². The quantitative estimate of drug-likeness (QED) is 0.215. The fourth-order valence-electron chi connectivity index (χ4n) is 6.01. The molecule has 184 valence electrons. The van der Waals surface area contributed by atoms with Crippen molar-refractivity contribution in [2.24, 2.45) is 17.3 Å². The Morgan fingerprint density at radius 1 is 0.818 bits per heavy atom. The molecule has 2 aliphatic carbocycles. The molecule has 0 bridgehead atoms. The summed E-state index contributed by atoms with van der Waals surface area (Å²) >= 11 is 0. The summed E-state index contributed by atoms with van der Waals surface area (Å²) < 4.78 is 38.1. The topological polar surface area (TPSA) is 0 Å². The van der Waals surface area contributed by atoms with E-state index in [0.29, 0.717) is 12.3 Å². The summed E-state index contributed by atoms with van der Waals surface area (Å²) in [6.07, 6.45) is 19.4. The van der Waals surface area contributed by atoms with Crippen LogP contribution in [0.5, 0.6) is 0 Å². The lowest BCUT2D eigenvalue weighted by molar-refractivity contribution is -0.135. The van der Waals surface area contributed by atoms with Gasteiger partial charge in [-0.2, -0.15) is 13.2 Å². The lowest BCUT2D eigenvalue weighted by atomic mass is 9.62. The lowest BCUT2D eigenvalue weighted by Gasteiger charge is -2.43. The van der Waals surface area contributed by atoms with Crippen LogP contribution in [0.2, 0.25) is 0 Å². The number of halogens is 3. The highest BCUT2D eigenvalue weighted by atomic mass is 19.4. The molecule has 1 aromatic rings. The summed E-state index contributed by atoms with van der Waals surface area (Å²) in [4.78, 5) is 0. The third kappa shape index (κ3) is 8.34. The molecule has 0 atom stereocenters. The monoisotopic (exact) mass is 460 g/mol. The first-order chi connectivity index (χ1) is 15.9. The predicted molar refractivity (Wildman–Crippen MR) is 133 cm³/mol. The molecule has 1 fully saturated rings. The van der Waals surface area contributed by atoms with Gasteiger partial charge in [-0.05, 0) is 43.1 Å². The second-order valence-electron chi connectivity index (χ2n) is 10.5. The molecule has 0 spiro atoms. The SMILES string of the molecule is CCCCCCC[C@H]1CC[C@H](C2(CCCCC(F)(F)F)C=CC(c3ccccc3)C=C2)CC1. The summed E-state index contributed by atoms with van der Waals surface area (Å²) in [6.45, 7) is 2.26. The Morgan fingerprint density at radius 3 is 2.12 bits per heavy atom. The van der Waals surface area contributed by atoms with Crippen LogP contribution in [0.25, 0.3) is 0 Å². The van der Waals surface area contributed by atoms with E-state index in [4.69, 9.17) is 0 Å². The maximum Gasteiger partial charge on any atom is 0.389 e. The van der Waals surface area contributed by atoms with Crippen molar-refractivity contribution in [1.82, 2.24) is 0 Å². The molecule has 0 saturated heterocycles. The van der Waals surface area contributed by atoms with E-state index in [-0.39, 0.29) is 17.8 Å². The average Bonchev–Trinajstić information content (AvgIpc) is 2.82. The normalized spacial score (nSPS) is 27.7. The van der Waals surface area contributed by atoms with Crippen molar-refractivity contribution in [2.45, 2.75) is 109 Å². The molecule has 3 rings (SSSR count). The zero-order valence-corrected chi connectivity index (χ0v) is 20.5. The second kappa shape index (κ2) is 12.8. The Hall–Kier alpha value is -1.51. The first kappa shape index (κ1) is 26.1. The Morgan fingerprint density at radius 2 is 1.48 bits per heavy atom. The lowest BCUT2D eigenvalue weighted by Crippen LogP contribution is -2.32. The fraction of sp³-hybridized carbons (Fsp3) is 0.667. The first-order valence-electron chi connectivity index (χ1n) is 13.4. The van der Waals surface area contributed by atoms with Crippen molar-refractivity contribution in [1.29, 1.82) is 0 Å². The van der Waals surface area contributed by atoms with Crippen LogP contribution in [0, 0.1) is 17.3 Å². The summed E-state index contributed by atoms with van der Waals surface area (Å²) in [5, 5.41) is 0. The smallest absolute Gasteiger partial charge is 0.171 e. The minimum Gasteiger partial charge on any atom is -0.171 e. The van der Waals surface area contributed by atoms with Crippen LogP contribution in [-0.4, -0.2) is 6.18 Å². The van der Waals surface area contributed by atoms with Gasteiger partial charge in [-0.15, -0.1) is 0 Å². The number of hydrogen-bond acceptors (Lipinski definition) is 0. The third-order valence-corrected chi connectivity index (χ3v) is 8.05. The molecule has 0 nitrogen and oxygen atoms in total. The molecule has 33 heavy (non-hydrogen) atoms. The minimum absolute atomic E-state index is 0.0665. The van der Waals surface area contributed by atoms with Crippen LogP contribution >= 0.6 is 0 Å². The van der Waals surface area contributed by atoms with Crippen molar-refractivity contribution in [3.05, 3.63) is 60.2 Å². The average molecular weight is 461 g/mol. The predicted octanol–water partition coefficient (Wildman–Crippen LogP) is 10.2. The van der Waals surface area contributed by atoms with Crippen LogP contribution in [0.15, 0.2) is 54.6 Å². The maximum atomic E-state index is 12.7. The fourth-order valence-corrected chi connectivity index (χ4v) is 6.01. The van der Waals surface area contributed by atoms with Crippen LogP contribution in [-0.2, 0) is 0 Å². The van der Waals surface area contributed by atoms with E-state index in [1.54, 1.807) is 0 Å². The number of benzene rings is 1. The highest BCUT2D eigenvalue weighted by Gasteiger charge is 2.38. The molecule has 1 saturated carbocycles. The highest BCUT2D eigenvalue weighted by molar-refractivity contribution is 5.34. The van der Waals surface area contributed by atoms with E-state index in [9.17, 15) is 13.2 Å². The molecule has 1 aromatic carbocycles. The first-order valence-corrected chi connectivity index (χ1v) is 13.4. The molecule has 0 N–H and O–H groups in total. The summed E-state index contributed by atoms with van der Waals surface area (Å²) in [5.74, 6) is 1.68. The van der Waals surface area contributed by atoms with Crippen molar-refractivity contribution >= 4 is 0 Å². The maximum absolute atomic E-state index is 12.7. The molecular formula is C30H43F3. The summed E-state index contributed by atoms with van der Waals surface area (Å²) in [6, 6.07) is 10.5. The Kier molecular flexibility index (Phi) is 10.1. The minimum atomic E-state index is -4.04. The molecule has 2 aliphatic rings. The number of unbranched alkanes of at least 4 members (excludes halogenated alkanes) is 5. The van der Waals surface area contributed by atoms with E-state index >= 15 is 0 Å². The van der Waals surface area contributed by atoms with Gasteiger partial charge in [0.05, 0.1) is 0 Å². The number of hydrogen-bond donors (Lipinski definition) is 0. The van der Waals surface area contributed by atoms with Gasteiger partial charge in [-0.3, -0.25) is 0 Å². The molecule has 0 amide bonds. The zero-order chi connectivity index (χ0) is 23.6. The summed E-state index contributed by atoms with van der Waals surface area (Å²) in [7, 11) is 0. The van der Waals surface area contributed by atoms with Gasteiger partial charge < -0.3 is 0 Å². The van der Waals surface area contributed by atoms with E-state index in [0.717, 1.165) is 12.3 Å². The van der Waals surface area contributed by atoms with Gasteiger partial charge >= 0.3 is 6.18 Å². The van der Waals surface area contributed by atoms with Gasteiger partial charge in [-0.25, -0.2) is 0 Å². The summed E-state index contributed by atoms with van der Waals surface area (Å²) in [5.41, 5.74) is 1.21. The molecule has 0 aliphatic heterocycles. The standard InChI is InChI=1S/C30H43F3/c1-2-3-4-5-7-12-25-15-17-28(18-16-25)29(21-10-11-22-30(31,32)33)23-19-27(20-24-29)26-13-8-6-9-14-26/h6,8-9,13-14,19-20,23-25,27-28H,2-5,7,10-12,15-18,21-22H2,1H3/t25-,27?,28-,29?.